The fourth-order valence-electron chi connectivity index (χ4n) is 6.97. The molecule has 3 heterocycles. The number of anilines is 2. The van der Waals surface area contributed by atoms with Gasteiger partial charge in [-0.25, -0.2) is 0 Å². The monoisotopic (exact) mass is 639 g/mol. The molecule has 5 rings (SSSR count). The molecule has 1 saturated heterocycles. The number of hydrogen-bond acceptors (Lipinski definition) is 5. The zero-order valence-corrected chi connectivity index (χ0v) is 28.2. The van der Waals surface area contributed by atoms with Gasteiger partial charge in [-0.2, -0.15) is 0 Å². The first-order valence-electron chi connectivity index (χ1n) is 17.0. The lowest BCUT2D eigenvalue weighted by atomic mass is 9.82. The van der Waals surface area contributed by atoms with Crippen molar-refractivity contribution in [3.63, 3.8) is 0 Å². The van der Waals surface area contributed by atoms with Gasteiger partial charge in [0.1, 0.15) is 0 Å². The van der Waals surface area contributed by atoms with Crippen LogP contribution in [0.4, 0.5) is 11.4 Å². The summed E-state index contributed by atoms with van der Waals surface area (Å²) in [6.07, 6.45) is 12.4. The Hall–Kier alpha value is -4.01. The highest BCUT2D eigenvalue weighted by atomic mass is 16.3. The summed E-state index contributed by atoms with van der Waals surface area (Å²) in [7, 11) is 0. The van der Waals surface area contributed by atoms with E-state index in [0.717, 1.165) is 42.4 Å². The van der Waals surface area contributed by atoms with Crippen molar-refractivity contribution in [3.8, 4) is 0 Å². The molecule has 3 amide bonds. The second kappa shape index (κ2) is 14.8. The van der Waals surface area contributed by atoms with E-state index in [0.29, 0.717) is 49.4 Å². The van der Waals surface area contributed by atoms with E-state index < -0.39 is 17.4 Å². The summed E-state index contributed by atoms with van der Waals surface area (Å²) in [5, 5.41) is 22.3. The van der Waals surface area contributed by atoms with E-state index in [2.05, 4.69) is 26.8 Å². The highest BCUT2D eigenvalue weighted by molar-refractivity contribution is 6.08. The van der Waals surface area contributed by atoms with Crippen molar-refractivity contribution in [1.29, 1.82) is 0 Å². The standard InChI is InChI=1S/C39H49N3O5/c1-27(2)11-9-12-28(3)20-22-41-35-19-18-32(40-21-8-7-16-36(40)44)24-34(35)39(47,38(41)46)29(4)13-10-17-37(45)42-25-31-15-6-5-14-30(31)23-33(42)26-43/h5-6,10-11,13-15,18-20,24,29,33,43,47H,7-9,12,16-17,21-23,25-26H2,1-4H3/b13-10+,28-20+/t29-,33-,39+/m0/s1. The molecule has 0 aromatic heterocycles. The number of carbonyl (C=O) groups is 3. The maximum atomic E-state index is 14.2. The van der Waals surface area contributed by atoms with Gasteiger partial charge in [0.2, 0.25) is 11.8 Å². The average Bonchev–Trinajstić information content (AvgIpc) is 3.28. The number of aliphatic hydroxyl groups is 2. The minimum atomic E-state index is -1.87. The van der Waals surface area contributed by atoms with Crippen molar-refractivity contribution in [1.82, 2.24) is 4.90 Å². The fraction of sp³-hybridized carbons (Fsp3) is 0.462. The number of aliphatic hydroxyl groups excluding tert-OH is 1. The third kappa shape index (κ3) is 7.29. The van der Waals surface area contributed by atoms with Crippen LogP contribution in [-0.2, 0) is 33.0 Å². The second-order valence-corrected chi connectivity index (χ2v) is 13.5. The number of benzene rings is 2. The number of amides is 3. The van der Waals surface area contributed by atoms with Gasteiger partial charge < -0.3 is 24.9 Å². The number of rotatable bonds is 11. The van der Waals surface area contributed by atoms with Gasteiger partial charge in [-0.1, -0.05) is 66.6 Å². The molecule has 0 unspecified atom stereocenters. The van der Waals surface area contributed by atoms with Gasteiger partial charge in [0, 0.05) is 49.6 Å². The molecule has 0 saturated carbocycles. The van der Waals surface area contributed by atoms with Gasteiger partial charge in [-0.3, -0.25) is 14.4 Å². The van der Waals surface area contributed by atoms with Gasteiger partial charge in [-0.15, -0.1) is 0 Å². The van der Waals surface area contributed by atoms with Crippen molar-refractivity contribution in [2.45, 2.75) is 90.8 Å². The first-order valence-corrected chi connectivity index (χ1v) is 17.0. The lowest BCUT2D eigenvalue weighted by Crippen LogP contribution is -2.46. The number of allylic oxidation sites excluding steroid dienone is 3. The van der Waals surface area contributed by atoms with Gasteiger partial charge in [0.25, 0.3) is 5.91 Å². The molecular weight excluding hydrogens is 590 g/mol. The number of carbonyl (C=O) groups excluding carboxylic acids is 3. The number of piperidine rings is 1. The maximum Gasteiger partial charge on any atom is 0.264 e. The lowest BCUT2D eigenvalue weighted by Gasteiger charge is -2.36. The predicted molar refractivity (Wildman–Crippen MR) is 186 cm³/mol. The Morgan fingerprint density at radius 2 is 1.83 bits per heavy atom. The molecule has 0 bridgehead atoms. The molecule has 0 aliphatic carbocycles. The third-order valence-corrected chi connectivity index (χ3v) is 9.86. The molecule has 8 heteroatoms. The fourth-order valence-corrected chi connectivity index (χ4v) is 6.97. The molecule has 2 aromatic carbocycles. The van der Waals surface area contributed by atoms with Crippen LogP contribution in [0, 0.1) is 5.92 Å². The van der Waals surface area contributed by atoms with Crippen LogP contribution < -0.4 is 9.80 Å². The highest BCUT2D eigenvalue weighted by Crippen LogP contribution is 2.47. The molecular formula is C39H49N3O5. The maximum absolute atomic E-state index is 14.2. The van der Waals surface area contributed by atoms with Crippen LogP contribution in [0.1, 0.15) is 82.9 Å². The zero-order valence-electron chi connectivity index (χ0n) is 28.2. The summed E-state index contributed by atoms with van der Waals surface area (Å²) in [5.41, 5.74) is 4.58. The minimum Gasteiger partial charge on any atom is -0.394 e. The van der Waals surface area contributed by atoms with Crippen LogP contribution in [0.3, 0.4) is 0 Å². The van der Waals surface area contributed by atoms with E-state index in [1.54, 1.807) is 39.8 Å². The van der Waals surface area contributed by atoms with E-state index >= 15 is 0 Å². The van der Waals surface area contributed by atoms with Gasteiger partial charge in [0.15, 0.2) is 5.60 Å². The van der Waals surface area contributed by atoms with Crippen molar-refractivity contribution in [2.24, 2.45) is 5.92 Å². The SMILES string of the molecule is CC(C)=CCC/C(C)=C/CN1C(=O)[C@@](O)([C@@H](C)/C=C/CC(=O)N2Cc3ccccc3C[C@H]2CO)c2cc(N3CCCCC3=O)ccc21. The Labute approximate surface area is 279 Å². The average molecular weight is 640 g/mol. The molecule has 3 aliphatic rings. The van der Waals surface area contributed by atoms with Crippen molar-refractivity contribution in [3.05, 3.63) is 94.6 Å². The molecule has 47 heavy (non-hydrogen) atoms. The van der Waals surface area contributed by atoms with Gasteiger partial charge in [-0.05, 0) is 82.2 Å². The molecule has 3 aliphatic heterocycles. The topological polar surface area (TPSA) is 101 Å². The van der Waals surface area contributed by atoms with Crippen molar-refractivity contribution in [2.75, 3.05) is 29.5 Å². The Kier molecular flexibility index (Phi) is 10.8. The molecule has 0 spiro atoms. The van der Waals surface area contributed by atoms with Crippen LogP contribution in [0.25, 0.3) is 0 Å². The predicted octanol–water partition coefficient (Wildman–Crippen LogP) is 5.96. The number of hydrogen-bond donors (Lipinski definition) is 2. The lowest BCUT2D eigenvalue weighted by molar-refractivity contribution is -0.139. The summed E-state index contributed by atoms with van der Waals surface area (Å²) in [4.78, 5) is 45.4. The van der Waals surface area contributed by atoms with E-state index in [9.17, 15) is 24.6 Å². The van der Waals surface area contributed by atoms with E-state index in [1.807, 2.05) is 42.5 Å². The van der Waals surface area contributed by atoms with E-state index in [1.165, 1.54) is 5.57 Å². The van der Waals surface area contributed by atoms with Crippen molar-refractivity contribution >= 4 is 29.1 Å². The Morgan fingerprint density at radius 1 is 1.06 bits per heavy atom. The summed E-state index contributed by atoms with van der Waals surface area (Å²) in [5.74, 6) is -1.14. The molecule has 0 radical (unpaired) electrons. The van der Waals surface area contributed by atoms with Crippen LogP contribution in [0.15, 0.2) is 77.9 Å². The quantitative estimate of drug-likeness (QED) is 0.296. The first-order chi connectivity index (χ1) is 22.5. The Balaban J connectivity index is 1.38. The van der Waals surface area contributed by atoms with E-state index in [-0.39, 0.29) is 30.9 Å². The smallest absolute Gasteiger partial charge is 0.264 e. The normalized spacial score (nSPS) is 22.0. The summed E-state index contributed by atoms with van der Waals surface area (Å²) < 4.78 is 0. The van der Waals surface area contributed by atoms with Gasteiger partial charge >= 0.3 is 0 Å². The molecule has 2 aromatic rings. The highest BCUT2D eigenvalue weighted by Gasteiger charge is 2.52. The second-order valence-electron chi connectivity index (χ2n) is 13.5. The summed E-state index contributed by atoms with van der Waals surface area (Å²) in [6, 6.07) is 13.2. The molecule has 2 N–H and O–H groups in total. The molecule has 1 fully saturated rings. The third-order valence-electron chi connectivity index (χ3n) is 9.86. The molecule has 250 valence electrons. The largest absolute Gasteiger partial charge is 0.394 e. The van der Waals surface area contributed by atoms with Crippen LogP contribution in [0.5, 0.6) is 0 Å². The van der Waals surface area contributed by atoms with Crippen molar-refractivity contribution < 1.29 is 24.6 Å². The molecule has 3 atom stereocenters. The Bertz CT molecular complexity index is 1590. The minimum absolute atomic E-state index is 0.0452. The molecule has 8 nitrogen and oxygen atoms in total. The van der Waals surface area contributed by atoms with E-state index in [4.69, 9.17) is 0 Å². The van der Waals surface area contributed by atoms with Crippen LogP contribution in [-0.4, -0.2) is 58.6 Å². The summed E-state index contributed by atoms with van der Waals surface area (Å²) >= 11 is 0. The van der Waals surface area contributed by atoms with Crippen LogP contribution in [0.2, 0.25) is 0 Å². The van der Waals surface area contributed by atoms with Crippen LogP contribution >= 0.6 is 0 Å². The first kappa shape index (κ1) is 34.3. The summed E-state index contributed by atoms with van der Waals surface area (Å²) in [6.45, 7) is 9.26. The number of nitrogens with zero attached hydrogens (tertiary/aromatic N) is 3. The van der Waals surface area contributed by atoms with Gasteiger partial charge in [0.05, 0.1) is 18.3 Å². The number of fused-ring (bicyclic) bond motifs is 2. The zero-order chi connectivity index (χ0) is 33.7. The Morgan fingerprint density at radius 3 is 2.55 bits per heavy atom.